The smallest absolute Gasteiger partial charge is 0.286 e. The van der Waals surface area contributed by atoms with Crippen LogP contribution in [0, 0.1) is 6.92 Å². The molecule has 7 rings (SSSR count). The second-order valence-electron chi connectivity index (χ2n) is 9.65. The van der Waals surface area contributed by atoms with Crippen LogP contribution in [0.4, 0.5) is 5.95 Å². The summed E-state index contributed by atoms with van der Waals surface area (Å²) in [5.41, 5.74) is 4.56. The highest BCUT2D eigenvalue weighted by Crippen LogP contribution is 2.42. The van der Waals surface area contributed by atoms with Gasteiger partial charge in [0.2, 0.25) is 5.95 Å². The third kappa shape index (κ3) is 3.90. The van der Waals surface area contributed by atoms with E-state index in [9.17, 15) is 4.79 Å². The first-order valence-electron chi connectivity index (χ1n) is 12.6. The van der Waals surface area contributed by atoms with Crippen molar-refractivity contribution in [2.75, 3.05) is 5.32 Å². The molecule has 0 unspecified atom stereocenters. The number of nitrogens with one attached hydrogen (secondary N) is 1. The van der Waals surface area contributed by atoms with Crippen molar-refractivity contribution < 1.29 is 0 Å². The van der Waals surface area contributed by atoms with E-state index in [2.05, 4.69) is 49.1 Å². The molecule has 37 heavy (non-hydrogen) atoms. The van der Waals surface area contributed by atoms with E-state index >= 15 is 0 Å². The maximum absolute atomic E-state index is 13.3. The van der Waals surface area contributed by atoms with Gasteiger partial charge in [0.1, 0.15) is 15.4 Å². The van der Waals surface area contributed by atoms with Crippen molar-refractivity contribution in [1.29, 1.82) is 0 Å². The Morgan fingerprint density at radius 3 is 2.73 bits per heavy atom. The summed E-state index contributed by atoms with van der Waals surface area (Å²) in [5.74, 6) is 0.640. The van der Waals surface area contributed by atoms with Gasteiger partial charge in [-0.25, -0.2) is 4.98 Å². The highest BCUT2D eigenvalue weighted by molar-refractivity contribution is 7.99. The minimum atomic E-state index is -0.251. The maximum Gasteiger partial charge on any atom is 0.286 e. The molecule has 1 aliphatic carbocycles. The van der Waals surface area contributed by atoms with Crippen LogP contribution in [0.15, 0.2) is 81.7 Å². The molecule has 0 bridgehead atoms. The molecule has 0 saturated heterocycles. The molecule has 5 heterocycles. The van der Waals surface area contributed by atoms with Crippen LogP contribution in [-0.2, 0) is 6.54 Å². The number of aryl methyl sites for hydroxylation is 1. The molecule has 184 valence electrons. The number of nitrogens with zero attached hydrogens (tertiary/aromatic N) is 6. The van der Waals surface area contributed by atoms with Gasteiger partial charge >= 0.3 is 0 Å². The largest absolute Gasteiger partial charge is 0.351 e. The molecule has 2 atom stereocenters. The Labute approximate surface area is 217 Å². The van der Waals surface area contributed by atoms with Crippen molar-refractivity contribution in [3.8, 4) is 11.3 Å². The molecule has 1 saturated carbocycles. The van der Waals surface area contributed by atoms with Crippen LogP contribution in [0.3, 0.4) is 0 Å². The second kappa shape index (κ2) is 8.85. The topological polar surface area (TPSA) is 90.5 Å². The molecule has 9 heteroatoms. The number of aromatic nitrogens is 6. The number of hydrogen-bond acceptors (Lipinski definition) is 7. The molecule has 4 aromatic heterocycles. The lowest BCUT2D eigenvalue weighted by atomic mass is 10.1. The molecular formula is C28H25N7OS. The zero-order valence-electron chi connectivity index (χ0n) is 20.3. The monoisotopic (exact) mass is 507 g/mol. The van der Waals surface area contributed by atoms with Crippen molar-refractivity contribution >= 4 is 28.7 Å². The van der Waals surface area contributed by atoms with Gasteiger partial charge in [-0.3, -0.25) is 19.0 Å². The molecule has 2 aliphatic rings. The predicted octanol–water partition coefficient (Wildman–Crippen LogP) is 5.08. The van der Waals surface area contributed by atoms with Crippen LogP contribution < -0.4 is 10.9 Å². The van der Waals surface area contributed by atoms with E-state index in [1.54, 1.807) is 6.20 Å². The van der Waals surface area contributed by atoms with Crippen LogP contribution in [-0.4, -0.2) is 35.3 Å². The maximum atomic E-state index is 13.3. The summed E-state index contributed by atoms with van der Waals surface area (Å²) < 4.78 is 4.09. The minimum absolute atomic E-state index is 0.251. The van der Waals surface area contributed by atoms with Crippen LogP contribution in [0.5, 0.6) is 0 Å². The molecule has 1 aromatic carbocycles. The Hall–Kier alpha value is -3.98. The number of fused-ring (bicyclic) bond motifs is 5. The van der Waals surface area contributed by atoms with Gasteiger partial charge in [0, 0.05) is 23.5 Å². The molecular weight excluding hydrogens is 482 g/mol. The molecule has 0 amide bonds. The quantitative estimate of drug-likeness (QED) is 0.355. The lowest BCUT2D eigenvalue weighted by Gasteiger charge is -2.11. The summed E-state index contributed by atoms with van der Waals surface area (Å²) in [5, 5.41) is 10.6. The van der Waals surface area contributed by atoms with E-state index < -0.39 is 0 Å². The van der Waals surface area contributed by atoms with Crippen molar-refractivity contribution in [2.45, 2.75) is 54.9 Å². The van der Waals surface area contributed by atoms with Gasteiger partial charge in [-0.1, -0.05) is 36.4 Å². The van der Waals surface area contributed by atoms with E-state index in [1.807, 2.05) is 48.0 Å². The average Bonchev–Trinajstić information content (AvgIpc) is 3.59. The number of pyridine rings is 2. The molecule has 1 fully saturated rings. The summed E-state index contributed by atoms with van der Waals surface area (Å²) >= 11 is 1.46. The highest BCUT2D eigenvalue weighted by atomic mass is 32.2. The van der Waals surface area contributed by atoms with Crippen molar-refractivity contribution in [1.82, 2.24) is 29.3 Å². The van der Waals surface area contributed by atoms with E-state index in [0.29, 0.717) is 29.6 Å². The van der Waals surface area contributed by atoms with Crippen LogP contribution in [0.1, 0.15) is 36.6 Å². The summed E-state index contributed by atoms with van der Waals surface area (Å²) in [6.45, 7) is 2.53. The number of rotatable bonds is 5. The molecule has 0 spiro atoms. The fraction of sp³-hybridized carbons (Fsp3) is 0.250. The van der Waals surface area contributed by atoms with Crippen LogP contribution in [0.25, 0.3) is 22.3 Å². The molecule has 5 aromatic rings. The average molecular weight is 508 g/mol. The van der Waals surface area contributed by atoms with Gasteiger partial charge in [-0.15, -0.1) is 0 Å². The third-order valence-electron chi connectivity index (χ3n) is 7.20. The van der Waals surface area contributed by atoms with Crippen molar-refractivity contribution in [3.05, 3.63) is 88.5 Å². The Morgan fingerprint density at radius 1 is 1.03 bits per heavy atom. The standard InChI is InChI=1S/C28H25N7OS/c1-17-6-4-7-20(30-17)19-13-11-18(12-14-19)16-34-27(37-23-10-2-3-15-29-23)24-25(33-34)35-22-9-5-8-21(22)31-28(35)32-26(24)36/h2-4,6-7,10-15,21-22H,5,8-9,16H2,1H3,(H,31,32,36)/t21-,22+/m1/s1. The van der Waals surface area contributed by atoms with Gasteiger partial charge in [-0.05, 0) is 67.8 Å². The molecule has 8 nitrogen and oxygen atoms in total. The van der Waals surface area contributed by atoms with E-state index in [1.165, 1.54) is 11.8 Å². The van der Waals surface area contributed by atoms with Gasteiger partial charge in [0.15, 0.2) is 5.65 Å². The normalized spacial score (nSPS) is 18.1. The first kappa shape index (κ1) is 22.2. The minimum Gasteiger partial charge on any atom is -0.351 e. The predicted molar refractivity (Wildman–Crippen MR) is 144 cm³/mol. The summed E-state index contributed by atoms with van der Waals surface area (Å²) in [4.78, 5) is 26.9. The lowest BCUT2D eigenvalue weighted by molar-refractivity contribution is 0.537. The molecule has 1 aliphatic heterocycles. The molecule has 1 N–H and O–H groups in total. The van der Waals surface area contributed by atoms with Gasteiger partial charge in [0.05, 0.1) is 18.3 Å². The lowest BCUT2D eigenvalue weighted by Crippen LogP contribution is -2.15. The van der Waals surface area contributed by atoms with Gasteiger partial charge < -0.3 is 5.32 Å². The fourth-order valence-electron chi connectivity index (χ4n) is 5.47. The third-order valence-corrected chi connectivity index (χ3v) is 8.26. The Bertz CT molecular complexity index is 1680. The second-order valence-corrected chi connectivity index (χ2v) is 10.7. The number of benzene rings is 1. The van der Waals surface area contributed by atoms with Crippen molar-refractivity contribution in [3.63, 3.8) is 0 Å². The Kier molecular flexibility index (Phi) is 5.32. The van der Waals surface area contributed by atoms with E-state index in [0.717, 1.165) is 51.8 Å². The molecule has 0 radical (unpaired) electrons. The summed E-state index contributed by atoms with van der Waals surface area (Å²) in [6, 6.07) is 20.8. The van der Waals surface area contributed by atoms with Crippen LogP contribution in [0.2, 0.25) is 0 Å². The van der Waals surface area contributed by atoms with E-state index in [-0.39, 0.29) is 11.6 Å². The van der Waals surface area contributed by atoms with Crippen LogP contribution >= 0.6 is 11.8 Å². The first-order chi connectivity index (χ1) is 18.1. The fourth-order valence-corrected chi connectivity index (χ4v) is 6.42. The Morgan fingerprint density at radius 2 is 1.92 bits per heavy atom. The number of anilines is 1. The van der Waals surface area contributed by atoms with Gasteiger partial charge in [0.25, 0.3) is 5.56 Å². The van der Waals surface area contributed by atoms with E-state index in [4.69, 9.17) is 5.10 Å². The SMILES string of the molecule is Cc1cccc(-c2ccc(Cn3nc4c(c3Sc3ccccn3)c(=O)nc3n4[C@H]4CCC[C@H]4N3)cc2)n1. The summed E-state index contributed by atoms with van der Waals surface area (Å²) in [6.07, 6.45) is 5.07. The number of hydrogen-bond donors (Lipinski definition) is 1. The summed E-state index contributed by atoms with van der Waals surface area (Å²) in [7, 11) is 0. The van der Waals surface area contributed by atoms with Crippen molar-refractivity contribution in [2.24, 2.45) is 0 Å². The zero-order chi connectivity index (χ0) is 24.9. The Balaban J connectivity index is 1.32. The zero-order valence-corrected chi connectivity index (χ0v) is 21.2. The highest BCUT2D eigenvalue weighted by Gasteiger charge is 2.38. The van der Waals surface area contributed by atoms with Gasteiger partial charge in [-0.2, -0.15) is 10.1 Å². The first-order valence-corrected chi connectivity index (χ1v) is 13.4.